The molecule has 194 valence electrons. The molecule has 0 radical (unpaired) electrons. The zero-order valence-corrected chi connectivity index (χ0v) is 20.1. The van der Waals surface area contributed by atoms with Crippen molar-refractivity contribution in [2.45, 2.75) is 37.9 Å². The quantitative estimate of drug-likeness (QED) is 0.278. The second kappa shape index (κ2) is 10.7. The Bertz CT molecular complexity index is 1240. The van der Waals surface area contributed by atoms with Gasteiger partial charge in [0.2, 0.25) is 5.95 Å². The lowest BCUT2D eigenvalue weighted by molar-refractivity contribution is -0.182. The van der Waals surface area contributed by atoms with Crippen LogP contribution < -0.4 is 15.4 Å². The molecule has 1 amide bonds. The van der Waals surface area contributed by atoms with Gasteiger partial charge < -0.3 is 20.4 Å². The Morgan fingerprint density at radius 1 is 1.11 bits per heavy atom. The van der Waals surface area contributed by atoms with Gasteiger partial charge >= 0.3 is 6.18 Å². The molecule has 1 aromatic heterocycles. The lowest BCUT2D eigenvalue weighted by Gasteiger charge is -2.30. The van der Waals surface area contributed by atoms with E-state index in [1.54, 1.807) is 0 Å². The van der Waals surface area contributed by atoms with E-state index in [4.69, 9.17) is 27.9 Å². The van der Waals surface area contributed by atoms with E-state index in [2.05, 4.69) is 20.6 Å². The van der Waals surface area contributed by atoms with Crippen LogP contribution in [-0.4, -0.2) is 41.4 Å². The first-order valence-electron chi connectivity index (χ1n) is 11.1. The summed E-state index contributed by atoms with van der Waals surface area (Å²) < 4.78 is 70.5. The van der Waals surface area contributed by atoms with Gasteiger partial charge in [-0.15, -0.1) is 0 Å². The van der Waals surface area contributed by atoms with E-state index in [0.29, 0.717) is 11.0 Å². The number of H-pyrrole nitrogens is 1. The maximum atomic E-state index is 13.5. The van der Waals surface area contributed by atoms with Crippen LogP contribution in [0, 0.1) is 11.7 Å². The molecule has 0 unspecified atom stereocenters. The number of carbonyl (C=O) groups excluding carboxylic acids is 1. The number of alkyl halides is 4. The number of carbonyl (C=O) groups is 1. The van der Waals surface area contributed by atoms with Gasteiger partial charge in [0.1, 0.15) is 24.8 Å². The fraction of sp³-hybridized carbons (Fsp3) is 0.391. The molecule has 0 spiro atoms. The van der Waals surface area contributed by atoms with Crippen molar-refractivity contribution in [3.05, 3.63) is 45.7 Å². The highest BCUT2D eigenvalue weighted by atomic mass is 35.5. The highest BCUT2D eigenvalue weighted by Gasteiger charge is 2.41. The van der Waals surface area contributed by atoms with E-state index >= 15 is 0 Å². The van der Waals surface area contributed by atoms with Crippen LogP contribution in [0.25, 0.3) is 11.0 Å². The molecule has 6 nitrogen and oxygen atoms in total. The van der Waals surface area contributed by atoms with Crippen molar-refractivity contribution in [1.29, 1.82) is 0 Å². The third-order valence-corrected chi connectivity index (χ3v) is 6.53. The molecule has 1 fully saturated rings. The average Bonchev–Trinajstić information content (AvgIpc) is 3.20. The standard InChI is InChI=1S/C23H21Cl2F5N4O2/c24-15-7-12(27)8-16(25)20(15)34-22-32-17-9-14(19(36-6-5-26)10-18(17)33-22)21(35)31-13-3-1-11(2-4-13)23(28,29)30/h7-11,13H,1-6H2,(H,31,35)(H2,32,33,34)/t11-,13-. The number of anilines is 2. The van der Waals surface area contributed by atoms with Crippen LogP contribution in [0.1, 0.15) is 36.0 Å². The summed E-state index contributed by atoms with van der Waals surface area (Å²) in [7, 11) is 0. The minimum Gasteiger partial charge on any atom is -0.490 e. The van der Waals surface area contributed by atoms with Crippen LogP contribution in [-0.2, 0) is 0 Å². The summed E-state index contributed by atoms with van der Waals surface area (Å²) in [6, 6.07) is 4.61. The fourth-order valence-electron chi connectivity index (χ4n) is 4.15. The Kier molecular flexibility index (Phi) is 7.79. The molecule has 1 saturated carbocycles. The largest absolute Gasteiger partial charge is 0.490 e. The Morgan fingerprint density at radius 2 is 1.78 bits per heavy atom. The molecule has 3 aromatic rings. The molecule has 2 aromatic carbocycles. The monoisotopic (exact) mass is 550 g/mol. The SMILES string of the molecule is O=C(N[C@H]1CC[C@H](C(F)(F)F)CC1)c1cc2nc(Nc3c(Cl)cc(F)cc3Cl)[nH]c2cc1OCCF. The number of nitrogens with zero attached hydrogens (tertiary/aromatic N) is 1. The minimum absolute atomic E-state index is 0.0211. The number of aromatic amines is 1. The number of hydrogen-bond acceptors (Lipinski definition) is 4. The molecule has 1 heterocycles. The summed E-state index contributed by atoms with van der Waals surface area (Å²) >= 11 is 12.1. The summed E-state index contributed by atoms with van der Waals surface area (Å²) in [6.45, 7) is -1.10. The second-order valence-electron chi connectivity index (χ2n) is 8.42. The van der Waals surface area contributed by atoms with Gasteiger partial charge in [-0.2, -0.15) is 13.2 Å². The van der Waals surface area contributed by atoms with Crippen LogP contribution in [0.5, 0.6) is 5.75 Å². The van der Waals surface area contributed by atoms with E-state index < -0.39 is 36.5 Å². The summed E-state index contributed by atoms with van der Waals surface area (Å²) in [6.07, 6.45) is -4.01. The van der Waals surface area contributed by atoms with E-state index in [1.807, 2.05) is 0 Å². The van der Waals surface area contributed by atoms with Gasteiger partial charge in [0.25, 0.3) is 5.91 Å². The predicted molar refractivity (Wildman–Crippen MR) is 127 cm³/mol. The first-order valence-corrected chi connectivity index (χ1v) is 11.8. The van der Waals surface area contributed by atoms with Crippen molar-refractivity contribution in [1.82, 2.24) is 15.3 Å². The third-order valence-electron chi connectivity index (χ3n) is 5.94. The maximum absolute atomic E-state index is 13.5. The summed E-state index contributed by atoms with van der Waals surface area (Å²) in [5, 5.41) is 5.65. The summed E-state index contributed by atoms with van der Waals surface area (Å²) in [4.78, 5) is 20.3. The first-order chi connectivity index (χ1) is 17.0. The van der Waals surface area contributed by atoms with Crippen molar-refractivity contribution in [2.24, 2.45) is 5.92 Å². The van der Waals surface area contributed by atoms with Crippen molar-refractivity contribution in [2.75, 3.05) is 18.6 Å². The van der Waals surface area contributed by atoms with Crippen LogP contribution >= 0.6 is 23.2 Å². The van der Waals surface area contributed by atoms with Crippen molar-refractivity contribution < 1.29 is 31.5 Å². The third kappa shape index (κ3) is 5.95. The molecule has 1 aliphatic rings. The normalized spacial score (nSPS) is 18.3. The number of benzene rings is 2. The van der Waals surface area contributed by atoms with E-state index in [1.165, 1.54) is 12.1 Å². The topological polar surface area (TPSA) is 79.0 Å². The number of ether oxygens (including phenoxy) is 1. The van der Waals surface area contributed by atoms with E-state index in [9.17, 15) is 26.7 Å². The molecule has 13 heteroatoms. The predicted octanol–water partition coefficient (Wildman–Crippen LogP) is 6.95. The van der Waals surface area contributed by atoms with Crippen molar-refractivity contribution in [3.8, 4) is 5.75 Å². The second-order valence-corrected chi connectivity index (χ2v) is 9.24. The van der Waals surface area contributed by atoms with Crippen molar-refractivity contribution >= 4 is 51.8 Å². The zero-order chi connectivity index (χ0) is 26.0. The van der Waals surface area contributed by atoms with E-state index in [-0.39, 0.29) is 65.3 Å². The number of hydrogen-bond donors (Lipinski definition) is 3. The minimum atomic E-state index is -4.25. The Labute approximate surface area is 212 Å². The number of imidazole rings is 1. The molecular formula is C23H21Cl2F5N4O2. The fourth-order valence-corrected chi connectivity index (χ4v) is 4.70. The van der Waals surface area contributed by atoms with E-state index in [0.717, 1.165) is 12.1 Å². The number of fused-ring (bicyclic) bond motifs is 1. The first kappa shape index (κ1) is 26.3. The molecule has 1 aliphatic carbocycles. The molecule has 0 aliphatic heterocycles. The van der Waals surface area contributed by atoms with Gasteiger partial charge in [-0.1, -0.05) is 23.2 Å². The van der Waals surface area contributed by atoms with Gasteiger partial charge in [-0.05, 0) is 43.9 Å². The van der Waals surface area contributed by atoms with Crippen LogP contribution in [0.4, 0.5) is 33.6 Å². The lowest BCUT2D eigenvalue weighted by Crippen LogP contribution is -2.40. The molecule has 36 heavy (non-hydrogen) atoms. The zero-order valence-electron chi connectivity index (χ0n) is 18.6. The molecule has 0 saturated heterocycles. The number of amides is 1. The maximum Gasteiger partial charge on any atom is 0.391 e. The van der Waals surface area contributed by atoms with Gasteiger partial charge in [0.05, 0.1) is 38.2 Å². The van der Waals surface area contributed by atoms with Crippen molar-refractivity contribution in [3.63, 3.8) is 0 Å². The Hall–Kier alpha value is -2.79. The number of nitrogens with one attached hydrogen (secondary N) is 3. The molecular weight excluding hydrogens is 530 g/mol. The molecule has 0 bridgehead atoms. The Balaban J connectivity index is 1.56. The smallest absolute Gasteiger partial charge is 0.391 e. The van der Waals surface area contributed by atoms with Gasteiger partial charge in [0, 0.05) is 12.1 Å². The highest BCUT2D eigenvalue weighted by Crippen LogP contribution is 2.38. The van der Waals surface area contributed by atoms with Crippen LogP contribution in [0.15, 0.2) is 24.3 Å². The molecule has 4 rings (SSSR count). The Morgan fingerprint density at radius 3 is 2.39 bits per heavy atom. The molecule has 3 N–H and O–H groups in total. The number of halogens is 7. The summed E-state index contributed by atoms with van der Waals surface area (Å²) in [5.41, 5.74) is 1.04. The van der Waals surface area contributed by atoms with Crippen LogP contribution in [0.2, 0.25) is 10.0 Å². The van der Waals surface area contributed by atoms with Gasteiger partial charge in [-0.25, -0.2) is 13.8 Å². The highest BCUT2D eigenvalue weighted by molar-refractivity contribution is 6.39. The van der Waals surface area contributed by atoms with Gasteiger partial charge in [-0.3, -0.25) is 4.79 Å². The average molecular weight is 551 g/mol. The number of rotatable bonds is 7. The molecule has 0 atom stereocenters. The summed E-state index contributed by atoms with van der Waals surface area (Å²) in [5.74, 6) is -2.29. The lowest BCUT2D eigenvalue weighted by atomic mass is 9.85. The number of aromatic nitrogens is 2. The van der Waals surface area contributed by atoms with Crippen LogP contribution in [0.3, 0.4) is 0 Å². The van der Waals surface area contributed by atoms with Gasteiger partial charge in [0.15, 0.2) is 0 Å².